The second-order valence-electron chi connectivity index (χ2n) is 13.9. The lowest BCUT2D eigenvalue weighted by Gasteiger charge is -2.19. The molecule has 276 valence electrons. The maximum atomic E-state index is 6.26. The molecule has 0 aliphatic heterocycles. The molecule has 4 heteroatoms. The third-order valence-electron chi connectivity index (χ3n) is 9.15. The summed E-state index contributed by atoms with van der Waals surface area (Å²) in [6.07, 6.45) is 46.1. The Labute approximate surface area is 289 Å². The molecule has 0 atom stereocenters. The number of ether oxygens (including phenoxy) is 4. The van der Waals surface area contributed by atoms with E-state index in [1.807, 2.05) is 6.26 Å². The van der Waals surface area contributed by atoms with Crippen LogP contribution in [0, 0.1) is 0 Å². The van der Waals surface area contributed by atoms with Gasteiger partial charge in [0.2, 0.25) is 0 Å². The van der Waals surface area contributed by atoms with E-state index in [1.54, 1.807) is 0 Å². The molecule has 46 heavy (non-hydrogen) atoms. The van der Waals surface area contributed by atoms with Gasteiger partial charge in [-0.2, -0.15) is 0 Å². The van der Waals surface area contributed by atoms with Gasteiger partial charge in [0.15, 0.2) is 13.1 Å². The predicted octanol–water partition coefficient (Wildman–Crippen LogP) is 14.4. The van der Waals surface area contributed by atoms with E-state index in [0.717, 1.165) is 39.1 Å². The second-order valence-corrected chi connectivity index (χ2v) is 13.9. The van der Waals surface area contributed by atoms with Crippen LogP contribution in [-0.4, -0.2) is 32.9 Å². The molecule has 0 bridgehead atoms. The summed E-state index contributed by atoms with van der Waals surface area (Å²) in [5, 5.41) is 0. The molecule has 0 rings (SSSR count). The van der Waals surface area contributed by atoms with E-state index in [2.05, 4.69) is 26.8 Å². The van der Waals surface area contributed by atoms with Crippen LogP contribution in [0.4, 0.5) is 0 Å². The molecule has 0 aromatic rings. The Kier molecular flexibility index (Phi) is 41.9. The van der Waals surface area contributed by atoms with E-state index >= 15 is 0 Å². The van der Waals surface area contributed by atoms with E-state index in [9.17, 15) is 0 Å². The second kappa shape index (κ2) is 42.4. The minimum Gasteiger partial charge on any atom is -0.475 e. The Morgan fingerprint density at radius 3 is 1.22 bits per heavy atom. The van der Waals surface area contributed by atoms with E-state index in [-0.39, 0.29) is 6.29 Å². The lowest BCUT2D eigenvalue weighted by molar-refractivity contribution is -0.148. The Balaban J connectivity index is 3.76. The standard InChI is InChI=1S/C42H84O4/c1-4-7-10-13-15-24-29-34-39-45-42(46-40-35-30-25-16-14-11-8-5-2)36-31-26-22-20-18-17-19-21-23-28-33-38-44-41-43-37-32-27-12-9-6-3/h33,38,42H,4-32,34-37,39-41H2,1-3H3. The molecule has 0 radical (unpaired) electrons. The number of hydrogen-bond acceptors (Lipinski definition) is 4. The normalized spacial score (nSPS) is 11.8. The molecule has 0 unspecified atom stereocenters. The van der Waals surface area contributed by atoms with Gasteiger partial charge in [-0.15, -0.1) is 0 Å². The first-order valence-corrected chi connectivity index (χ1v) is 20.9. The zero-order valence-electron chi connectivity index (χ0n) is 31.8. The van der Waals surface area contributed by atoms with Crippen molar-refractivity contribution in [3.63, 3.8) is 0 Å². The van der Waals surface area contributed by atoms with Crippen LogP contribution in [0.3, 0.4) is 0 Å². The number of hydrogen-bond donors (Lipinski definition) is 0. The molecule has 0 amide bonds. The maximum absolute atomic E-state index is 6.26. The molecule has 0 fully saturated rings. The van der Waals surface area contributed by atoms with E-state index < -0.39 is 0 Å². The Hall–Kier alpha value is -0.580. The molecule has 0 heterocycles. The van der Waals surface area contributed by atoms with Gasteiger partial charge in [0, 0.05) is 13.2 Å². The van der Waals surface area contributed by atoms with Gasteiger partial charge in [-0.3, -0.25) is 0 Å². The van der Waals surface area contributed by atoms with Crippen molar-refractivity contribution in [1.29, 1.82) is 0 Å². The van der Waals surface area contributed by atoms with Gasteiger partial charge >= 0.3 is 0 Å². The summed E-state index contributed by atoms with van der Waals surface area (Å²) >= 11 is 0. The van der Waals surface area contributed by atoms with Crippen molar-refractivity contribution in [2.24, 2.45) is 0 Å². The van der Waals surface area contributed by atoms with Crippen LogP contribution in [0.2, 0.25) is 0 Å². The topological polar surface area (TPSA) is 36.9 Å². The fourth-order valence-electron chi connectivity index (χ4n) is 6.02. The summed E-state index contributed by atoms with van der Waals surface area (Å²) in [4.78, 5) is 0. The number of allylic oxidation sites excluding steroid dienone is 1. The summed E-state index contributed by atoms with van der Waals surface area (Å²) in [5.41, 5.74) is 0. The van der Waals surface area contributed by atoms with Crippen LogP contribution in [0.5, 0.6) is 0 Å². The van der Waals surface area contributed by atoms with Crippen molar-refractivity contribution < 1.29 is 18.9 Å². The highest BCUT2D eigenvalue weighted by Crippen LogP contribution is 2.16. The van der Waals surface area contributed by atoms with Crippen molar-refractivity contribution >= 4 is 0 Å². The first kappa shape index (κ1) is 45.4. The Bertz CT molecular complexity index is 530. The number of rotatable bonds is 41. The van der Waals surface area contributed by atoms with Gasteiger partial charge in [-0.1, -0.05) is 181 Å². The molecule has 0 N–H and O–H groups in total. The van der Waals surface area contributed by atoms with E-state index in [1.165, 1.54) is 186 Å². The summed E-state index contributed by atoms with van der Waals surface area (Å²) < 4.78 is 23.5. The largest absolute Gasteiger partial charge is 0.475 e. The van der Waals surface area contributed by atoms with Gasteiger partial charge < -0.3 is 18.9 Å². The summed E-state index contributed by atoms with van der Waals surface area (Å²) in [5.74, 6) is 0. The molecule has 0 aromatic heterocycles. The van der Waals surface area contributed by atoms with Crippen molar-refractivity contribution in [2.75, 3.05) is 26.6 Å². The van der Waals surface area contributed by atoms with Gasteiger partial charge in [-0.25, -0.2) is 0 Å². The third-order valence-corrected chi connectivity index (χ3v) is 9.15. The van der Waals surface area contributed by atoms with Crippen LogP contribution < -0.4 is 0 Å². The summed E-state index contributed by atoms with van der Waals surface area (Å²) in [6, 6.07) is 0. The van der Waals surface area contributed by atoms with Crippen LogP contribution in [0.25, 0.3) is 0 Å². The molecular weight excluding hydrogens is 568 g/mol. The van der Waals surface area contributed by atoms with Gasteiger partial charge in [0.25, 0.3) is 0 Å². The highest BCUT2D eigenvalue weighted by molar-refractivity contribution is 4.72. The minimum atomic E-state index is 0.0152. The Morgan fingerprint density at radius 1 is 0.391 bits per heavy atom. The Morgan fingerprint density at radius 2 is 0.761 bits per heavy atom. The van der Waals surface area contributed by atoms with Crippen LogP contribution >= 0.6 is 0 Å². The third kappa shape index (κ3) is 39.6. The smallest absolute Gasteiger partial charge is 0.188 e. The van der Waals surface area contributed by atoms with Gasteiger partial charge in [0.05, 0.1) is 12.9 Å². The van der Waals surface area contributed by atoms with Gasteiger partial charge in [-0.05, 0) is 51.0 Å². The van der Waals surface area contributed by atoms with Crippen molar-refractivity contribution in [3.05, 3.63) is 12.3 Å². The monoisotopic (exact) mass is 653 g/mol. The molecule has 0 aromatic carbocycles. The quantitative estimate of drug-likeness (QED) is 0.0374. The SMILES string of the molecule is CCCCCCCCCCOC(CCCCCCCCCCCC=COCOCCCCCCC)OCCCCCCCCCC. The predicted molar refractivity (Wildman–Crippen MR) is 202 cm³/mol. The highest BCUT2D eigenvalue weighted by Gasteiger charge is 2.09. The molecule has 0 aliphatic rings. The maximum Gasteiger partial charge on any atom is 0.188 e. The molecule has 4 nitrogen and oxygen atoms in total. The average molecular weight is 653 g/mol. The lowest BCUT2D eigenvalue weighted by Crippen LogP contribution is -2.19. The fourth-order valence-corrected chi connectivity index (χ4v) is 6.02. The van der Waals surface area contributed by atoms with Crippen molar-refractivity contribution in [2.45, 2.75) is 233 Å². The first-order chi connectivity index (χ1) is 22.8. The lowest BCUT2D eigenvalue weighted by atomic mass is 10.1. The van der Waals surface area contributed by atoms with Crippen LogP contribution in [-0.2, 0) is 18.9 Å². The first-order valence-electron chi connectivity index (χ1n) is 20.9. The fraction of sp³-hybridized carbons (Fsp3) is 0.952. The van der Waals surface area contributed by atoms with Crippen LogP contribution in [0.15, 0.2) is 12.3 Å². The zero-order chi connectivity index (χ0) is 33.3. The molecule has 0 saturated heterocycles. The molecule has 0 spiro atoms. The van der Waals surface area contributed by atoms with E-state index in [0.29, 0.717) is 6.79 Å². The number of unbranched alkanes of at least 4 members (excludes halogenated alkanes) is 27. The molecule has 0 aliphatic carbocycles. The summed E-state index contributed by atoms with van der Waals surface area (Å²) in [6.45, 7) is 9.78. The van der Waals surface area contributed by atoms with Crippen LogP contribution in [0.1, 0.15) is 226 Å². The van der Waals surface area contributed by atoms with E-state index in [4.69, 9.17) is 18.9 Å². The zero-order valence-corrected chi connectivity index (χ0v) is 31.8. The average Bonchev–Trinajstić information content (AvgIpc) is 3.07. The van der Waals surface area contributed by atoms with Crippen molar-refractivity contribution in [1.82, 2.24) is 0 Å². The van der Waals surface area contributed by atoms with Gasteiger partial charge in [0.1, 0.15) is 0 Å². The molecular formula is C42H84O4. The summed E-state index contributed by atoms with van der Waals surface area (Å²) in [7, 11) is 0. The molecule has 0 saturated carbocycles. The minimum absolute atomic E-state index is 0.0152. The highest BCUT2D eigenvalue weighted by atomic mass is 16.7. The van der Waals surface area contributed by atoms with Crippen molar-refractivity contribution in [3.8, 4) is 0 Å².